The molecule has 3 N–H and O–H groups in total. The summed E-state index contributed by atoms with van der Waals surface area (Å²) in [6.07, 6.45) is 1.86. The van der Waals surface area contributed by atoms with E-state index < -0.39 is 10.8 Å². The quantitative estimate of drug-likeness (QED) is 0.807. The molecule has 3 unspecified atom stereocenters. The molecule has 1 aromatic rings. The number of carbonyl (C=O) groups is 1. The second-order valence-corrected chi connectivity index (χ2v) is 5.91. The number of carbonyl (C=O) groups excluding carboxylic acids is 1. The normalized spacial score (nSPS) is 15.7. The third-order valence-electron chi connectivity index (χ3n) is 2.53. The predicted octanol–water partition coefficient (Wildman–Crippen LogP) is 0.960. The van der Waals surface area contributed by atoms with Gasteiger partial charge >= 0.3 is 0 Å². The van der Waals surface area contributed by atoms with E-state index in [2.05, 4.69) is 5.32 Å². The number of hydrogen-bond acceptors (Lipinski definition) is 3. The van der Waals surface area contributed by atoms with Crippen LogP contribution in [0.3, 0.4) is 0 Å². The van der Waals surface area contributed by atoms with E-state index in [1.54, 1.807) is 6.26 Å². The van der Waals surface area contributed by atoms with Crippen molar-refractivity contribution >= 4 is 16.7 Å². The second-order valence-electron chi connectivity index (χ2n) is 4.43. The topological polar surface area (TPSA) is 72.2 Å². The molecule has 1 amide bonds. The van der Waals surface area contributed by atoms with E-state index in [-0.39, 0.29) is 24.4 Å². The Balaban J connectivity index is 2.43. The fourth-order valence-electron chi connectivity index (χ4n) is 1.75. The van der Waals surface area contributed by atoms with Crippen molar-refractivity contribution in [1.82, 2.24) is 5.32 Å². The average Bonchev–Trinajstić information content (AvgIpc) is 2.28. The van der Waals surface area contributed by atoms with E-state index in [0.717, 1.165) is 5.56 Å². The van der Waals surface area contributed by atoms with Gasteiger partial charge < -0.3 is 11.1 Å². The van der Waals surface area contributed by atoms with Crippen LogP contribution in [0.2, 0.25) is 0 Å². The summed E-state index contributed by atoms with van der Waals surface area (Å²) >= 11 is 0. The molecule has 0 saturated carbocycles. The van der Waals surface area contributed by atoms with Crippen LogP contribution in [-0.4, -0.2) is 28.2 Å². The van der Waals surface area contributed by atoms with E-state index in [0.29, 0.717) is 5.75 Å². The highest BCUT2D eigenvalue weighted by atomic mass is 32.2. The first-order chi connectivity index (χ1) is 8.49. The lowest BCUT2D eigenvalue weighted by atomic mass is 10.0. The maximum absolute atomic E-state index is 11.7. The van der Waals surface area contributed by atoms with Crippen molar-refractivity contribution in [3.8, 4) is 0 Å². The second kappa shape index (κ2) is 7.28. The van der Waals surface area contributed by atoms with Crippen LogP contribution >= 0.6 is 0 Å². The number of nitrogens with one attached hydrogen (secondary N) is 1. The third-order valence-corrected chi connectivity index (χ3v) is 3.49. The molecule has 100 valence electrons. The van der Waals surface area contributed by atoms with Gasteiger partial charge in [0, 0.05) is 41.3 Å². The molecule has 1 rings (SSSR count). The summed E-state index contributed by atoms with van der Waals surface area (Å²) in [6.45, 7) is 1.84. The van der Waals surface area contributed by atoms with E-state index in [4.69, 9.17) is 5.73 Å². The number of amides is 1. The smallest absolute Gasteiger partial charge is 0.222 e. The van der Waals surface area contributed by atoms with E-state index in [9.17, 15) is 9.00 Å². The van der Waals surface area contributed by atoms with Gasteiger partial charge in [0.25, 0.3) is 0 Å². The van der Waals surface area contributed by atoms with Gasteiger partial charge in [-0.25, -0.2) is 0 Å². The maximum atomic E-state index is 11.7. The summed E-state index contributed by atoms with van der Waals surface area (Å²) in [6, 6.07) is 9.13. The average molecular weight is 268 g/mol. The van der Waals surface area contributed by atoms with Crippen molar-refractivity contribution in [2.45, 2.75) is 25.4 Å². The highest BCUT2D eigenvalue weighted by Crippen LogP contribution is 2.12. The molecule has 18 heavy (non-hydrogen) atoms. The van der Waals surface area contributed by atoms with E-state index in [1.807, 2.05) is 37.3 Å². The minimum atomic E-state index is -0.907. The molecule has 3 atom stereocenters. The third kappa shape index (κ3) is 5.42. The molecule has 0 aliphatic heterocycles. The summed E-state index contributed by atoms with van der Waals surface area (Å²) in [5, 5.41) is 2.80. The zero-order valence-corrected chi connectivity index (χ0v) is 11.6. The van der Waals surface area contributed by atoms with Crippen LogP contribution in [-0.2, 0) is 15.6 Å². The van der Waals surface area contributed by atoms with Crippen molar-refractivity contribution in [2.24, 2.45) is 5.73 Å². The minimum absolute atomic E-state index is 0.0914. The van der Waals surface area contributed by atoms with Crippen molar-refractivity contribution in [1.29, 1.82) is 0 Å². The molecule has 0 saturated heterocycles. The zero-order valence-electron chi connectivity index (χ0n) is 10.8. The summed E-state index contributed by atoms with van der Waals surface area (Å²) < 4.78 is 11.0. The Morgan fingerprint density at radius 1 is 1.39 bits per heavy atom. The Kier molecular flexibility index (Phi) is 6.01. The Hall–Kier alpha value is -1.20. The van der Waals surface area contributed by atoms with Crippen molar-refractivity contribution in [2.75, 3.05) is 12.0 Å². The summed E-state index contributed by atoms with van der Waals surface area (Å²) in [5.41, 5.74) is 6.90. The van der Waals surface area contributed by atoms with Gasteiger partial charge in [0.1, 0.15) is 0 Å². The first-order valence-corrected chi connectivity index (χ1v) is 7.61. The van der Waals surface area contributed by atoms with Crippen LogP contribution < -0.4 is 11.1 Å². The standard InChI is InChI=1S/C13H20N2O2S/c1-10(9-18(2)17)15-13(16)8-12(14)11-6-4-3-5-7-11/h3-7,10,12H,8-9,14H2,1-2H3,(H,15,16). The van der Waals surface area contributed by atoms with Gasteiger partial charge in [0.15, 0.2) is 0 Å². The van der Waals surface area contributed by atoms with Crippen LogP contribution in [0.15, 0.2) is 30.3 Å². The van der Waals surface area contributed by atoms with E-state index in [1.165, 1.54) is 0 Å². The summed E-state index contributed by atoms with van der Waals surface area (Å²) in [7, 11) is -0.907. The molecule has 0 aliphatic rings. The minimum Gasteiger partial charge on any atom is -0.353 e. The first kappa shape index (κ1) is 14.9. The lowest BCUT2D eigenvalue weighted by molar-refractivity contribution is -0.121. The van der Waals surface area contributed by atoms with E-state index >= 15 is 0 Å². The SMILES string of the molecule is CC(CS(C)=O)NC(=O)CC(N)c1ccccc1. The Morgan fingerprint density at radius 3 is 2.56 bits per heavy atom. The Bertz CT molecular complexity index is 409. The predicted molar refractivity (Wildman–Crippen MR) is 74.5 cm³/mol. The van der Waals surface area contributed by atoms with Crippen LogP contribution in [0.25, 0.3) is 0 Å². The van der Waals surface area contributed by atoms with Crippen molar-refractivity contribution in [3.63, 3.8) is 0 Å². The molecule has 1 aromatic carbocycles. The maximum Gasteiger partial charge on any atom is 0.222 e. The van der Waals surface area contributed by atoms with Crippen LogP contribution in [0.4, 0.5) is 0 Å². The molecule has 4 nitrogen and oxygen atoms in total. The van der Waals surface area contributed by atoms with Gasteiger partial charge in [-0.3, -0.25) is 9.00 Å². The molecular formula is C13H20N2O2S. The summed E-state index contributed by atoms with van der Waals surface area (Å²) in [4.78, 5) is 11.7. The monoisotopic (exact) mass is 268 g/mol. The van der Waals surface area contributed by atoms with Gasteiger partial charge in [-0.2, -0.15) is 0 Å². The Labute approximate surface area is 110 Å². The zero-order chi connectivity index (χ0) is 13.5. The summed E-state index contributed by atoms with van der Waals surface area (Å²) in [5.74, 6) is 0.357. The number of nitrogens with two attached hydrogens (primary N) is 1. The number of rotatable bonds is 6. The molecule has 0 aliphatic carbocycles. The van der Waals surface area contributed by atoms with Gasteiger partial charge in [-0.1, -0.05) is 30.3 Å². The highest BCUT2D eigenvalue weighted by molar-refractivity contribution is 7.84. The molecule has 0 spiro atoms. The van der Waals surface area contributed by atoms with Crippen LogP contribution in [0.1, 0.15) is 24.9 Å². The molecule has 0 fully saturated rings. The van der Waals surface area contributed by atoms with Gasteiger partial charge in [0.2, 0.25) is 5.91 Å². The molecular weight excluding hydrogens is 248 g/mol. The highest BCUT2D eigenvalue weighted by Gasteiger charge is 2.13. The van der Waals surface area contributed by atoms with Gasteiger partial charge in [0.05, 0.1) is 0 Å². The largest absolute Gasteiger partial charge is 0.353 e. The Morgan fingerprint density at radius 2 is 2.00 bits per heavy atom. The first-order valence-electron chi connectivity index (χ1n) is 5.89. The van der Waals surface area contributed by atoms with Crippen LogP contribution in [0.5, 0.6) is 0 Å². The van der Waals surface area contributed by atoms with Crippen molar-refractivity contribution in [3.05, 3.63) is 35.9 Å². The number of benzene rings is 1. The molecule has 0 aromatic heterocycles. The molecule has 0 bridgehead atoms. The van der Waals surface area contributed by atoms with Gasteiger partial charge in [-0.15, -0.1) is 0 Å². The molecule has 0 radical (unpaired) electrons. The van der Waals surface area contributed by atoms with Crippen molar-refractivity contribution < 1.29 is 9.00 Å². The fraction of sp³-hybridized carbons (Fsp3) is 0.462. The lowest BCUT2D eigenvalue weighted by Gasteiger charge is -2.15. The molecule has 5 heteroatoms. The van der Waals surface area contributed by atoms with Crippen LogP contribution in [0, 0.1) is 0 Å². The fourth-order valence-corrected chi connectivity index (χ4v) is 2.53. The molecule has 0 heterocycles. The lowest BCUT2D eigenvalue weighted by Crippen LogP contribution is -2.37. The van der Waals surface area contributed by atoms with Gasteiger partial charge in [-0.05, 0) is 12.5 Å². The number of hydrogen-bond donors (Lipinski definition) is 2.